The van der Waals surface area contributed by atoms with Crippen LogP contribution < -0.4 is 0 Å². The van der Waals surface area contributed by atoms with Crippen molar-refractivity contribution in [2.75, 3.05) is 0 Å². The Morgan fingerprint density at radius 2 is 0.636 bits per heavy atom. The van der Waals surface area contributed by atoms with Gasteiger partial charge in [-0.05, 0) is 209 Å². The molecule has 5 heterocycles. The minimum Gasteiger partial charge on any atom is -0.309 e. The van der Waals surface area contributed by atoms with E-state index in [-0.39, 0.29) is 5.92 Å². The van der Waals surface area contributed by atoms with Crippen molar-refractivity contribution in [1.82, 2.24) is 13.7 Å². The van der Waals surface area contributed by atoms with Gasteiger partial charge in [-0.2, -0.15) is 0 Å². The summed E-state index contributed by atoms with van der Waals surface area (Å²) in [5, 5.41) is 18.0. The van der Waals surface area contributed by atoms with E-state index in [4.69, 9.17) is 0 Å². The second-order valence-electron chi connectivity index (χ2n) is 29.4. The van der Waals surface area contributed by atoms with Gasteiger partial charge in [0.2, 0.25) is 0 Å². The third-order valence-electron chi connectivity index (χ3n) is 23.4. The van der Waals surface area contributed by atoms with Gasteiger partial charge in [0.1, 0.15) is 0 Å². The molecule has 110 heavy (non-hydrogen) atoms. The van der Waals surface area contributed by atoms with Gasteiger partial charge in [-0.1, -0.05) is 273 Å². The number of hydrogen-bond donors (Lipinski definition) is 0. The van der Waals surface area contributed by atoms with Crippen LogP contribution in [0.1, 0.15) is 22.6 Å². The molecule has 18 aromatic carbocycles. The molecule has 512 valence electrons. The van der Waals surface area contributed by atoms with E-state index in [1.165, 1.54) is 211 Å². The van der Waals surface area contributed by atoms with E-state index in [1.807, 2.05) is 22.7 Å². The molecule has 1 atom stereocenters. The molecule has 0 N–H and O–H groups in total. The fourth-order valence-corrected chi connectivity index (χ4v) is 20.6. The van der Waals surface area contributed by atoms with Crippen molar-refractivity contribution in [3.63, 3.8) is 0 Å². The zero-order valence-electron chi connectivity index (χ0n) is 59.7. The standard InChI is InChI=1S/C53H33NS.C52H32N2S/c1-2-10-33(11-3-1)35-18-20-36(21-19-35)51-43-16-7-6-14-41(43)46-31-38(23-26-44(46)51)39-24-28-48-47(32-39)52-49(29-27-45-42-15-8-9-17-50(42)55-53(45)52)54(48)40-25-22-34-12-4-5-13-37(34)30-40;1-2-10-33(11-3-1)35-18-23-39(24-19-35)53-45-16-8-6-14-41(45)43-31-37(21-26-46(43)53)38-22-27-47-44(32-38)51-48(28-29-50-52(51)42-15-7-9-17-49(42)55-50)54(47)40-25-20-34-12-4-5-13-36(34)30-40/h1-32,51H;1-32H. The number of rotatable bonds is 8. The molecule has 0 spiro atoms. The van der Waals surface area contributed by atoms with Gasteiger partial charge in [-0.25, -0.2) is 0 Å². The Hall–Kier alpha value is -13.7. The van der Waals surface area contributed by atoms with Gasteiger partial charge in [0, 0.05) is 95.6 Å². The molecular formula is C105H65N3S2. The van der Waals surface area contributed by atoms with Crippen LogP contribution in [0, 0.1) is 0 Å². The minimum absolute atomic E-state index is 0.203. The lowest BCUT2D eigenvalue weighted by molar-refractivity contribution is 1.02. The fourth-order valence-electron chi connectivity index (χ4n) is 18.3. The second-order valence-corrected chi connectivity index (χ2v) is 31.5. The van der Waals surface area contributed by atoms with Crippen molar-refractivity contribution >= 4 is 150 Å². The largest absolute Gasteiger partial charge is 0.309 e. The van der Waals surface area contributed by atoms with Crippen molar-refractivity contribution in [2.45, 2.75) is 5.92 Å². The number of aromatic nitrogens is 3. The molecule has 23 aromatic rings. The summed E-state index contributed by atoms with van der Waals surface area (Å²) in [6, 6.07) is 144. The molecule has 5 aromatic heterocycles. The number of thiophene rings is 2. The molecule has 0 amide bonds. The summed E-state index contributed by atoms with van der Waals surface area (Å²) in [5.41, 5.74) is 27.4. The van der Waals surface area contributed by atoms with Crippen LogP contribution in [-0.4, -0.2) is 13.7 Å². The maximum atomic E-state index is 2.47. The Kier molecular flexibility index (Phi) is 14.2. The first-order chi connectivity index (χ1) is 54.5. The van der Waals surface area contributed by atoms with E-state index in [0.717, 1.165) is 5.69 Å². The van der Waals surface area contributed by atoms with Crippen LogP contribution in [0.25, 0.3) is 200 Å². The molecule has 0 radical (unpaired) electrons. The van der Waals surface area contributed by atoms with Gasteiger partial charge in [-0.15, -0.1) is 22.7 Å². The highest BCUT2D eigenvalue weighted by Crippen LogP contribution is 2.52. The third-order valence-corrected chi connectivity index (χ3v) is 25.7. The summed E-state index contributed by atoms with van der Waals surface area (Å²) in [6.45, 7) is 0. The molecule has 1 aliphatic rings. The summed E-state index contributed by atoms with van der Waals surface area (Å²) >= 11 is 3.80. The number of benzene rings is 18. The molecule has 0 bridgehead atoms. The first-order valence-electron chi connectivity index (χ1n) is 37.9. The van der Waals surface area contributed by atoms with Crippen LogP contribution in [0.15, 0.2) is 388 Å². The number of fused-ring (bicyclic) bond motifs is 22. The maximum absolute atomic E-state index is 2.47. The maximum Gasteiger partial charge on any atom is 0.0555 e. The molecule has 1 aliphatic carbocycles. The lowest BCUT2D eigenvalue weighted by Crippen LogP contribution is -1.99. The summed E-state index contributed by atoms with van der Waals surface area (Å²) in [5.74, 6) is 0.203. The quantitative estimate of drug-likeness (QED) is 0.144. The highest BCUT2D eigenvalue weighted by atomic mass is 32.1. The Balaban J connectivity index is 0.000000132. The molecular weight excluding hydrogens is 1370 g/mol. The molecule has 0 aliphatic heterocycles. The zero-order valence-corrected chi connectivity index (χ0v) is 61.3. The number of hydrogen-bond acceptors (Lipinski definition) is 2. The first-order valence-corrected chi connectivity index (χ1v) is 39.5. The summed E-state index contributed by atoms with van der Waals surface area (Å²) in [4.78, 5) is 0. The molecule has 0 fully saturated rings. The van der Waals surface area contributed by atoms with Crippen LogP contribution in [0.2, 0.25) is 0 Å². The molecule has 0 saturated carbocycles. The van der Waals surface area contributed by atoms with Crippen molar-refractivity contribution in [2.24, 2.45) is 0 Å². The minimum atomic E-state index is 0.203. The monoisotopic (exact) mass is 1430 g/mol. The van der Waals surface area contributed by atoms with E-state index in [0.29, 0.717) is 0 Å². The Morgan fingerprint density at radius 1 is 0.200 bits per heavy atom. The van der Waals surface area contributed by atoms with Gasteiger partial charge in [0.25, 0.3) is 0 Å². The highest BCUT2D eigenvalue weighted by Gasteiger charge is 2.31. The van der Waals surface area contributed by atoms with E-state index < -0.39 is 0 Å². The summed E-state index contributed by atoms with van der Waals surface area (Å²) in [7, 11) is 0. The molecule has 24 rings (SSSR count). The predicted octanol–water partition coefficient (Wildman–Crippen LogP) is 29.5. The zero-order chi connectivity index (χ0) is 72.1. The molecule has 0 saturated heterocycles. The Labute approximate surface area is 642 Å². The van der Waals surface area contributed by atoms with Gasteiger partial charge >= 0.3 is 0 Å². The van der Waals surface area contributed by atoms with Gasteiger partial charge in [0.15, 0.2) is 0 Å². The van der Waals surface area contributed by atoms with Crippen LogP contribution in [0.5, 0.6) is 0 Å². The SMILES string of the molecule is c1ccc(-c2ccc(-n3c4ccccc4c4cc(-c5ccc6c(c5)c5c7c(ccc5n6-c5ccc6ccccc6c5)sc5ccccc57)ccc43)cc2)cc1.c1ccc(-c2ccc(C3c4ccccc4-c4cc(-c5ccc6c(c5)c5c7sc8ccccc8c7ccc5n6-c5ccc6ccccc6c5)ccc43)cc2)cc1. The fraction of sp³-hybridized carbons (Fsp3) is 0.00952. The average molecular weight is 1430 g/mol. The van der Waals surface area contributed by atoms with Crippen molar-refractivity contribution in [3.8, 4) is 72.7 Å². The van der Waals surface area contributed by atoms with E-state index >= 15 is 0 Å². The normalized spacial score (nSPS) is 12.8. The summed E-state index contributed by atoms with van der Waals surface area (Å²) in [6.07, 6.45) is 0. The predicted molar refractivity (Wildman–Crippen MR) is 471 cm³/mol. The molecule has 5 heteroatoms. The Bertz CT molecular complexity index is 7700. The van der Waals surface area contributed by atoms with Gasteiger partial charge < -0.3 is 13.7 Å². The van der Waals surface area contributed by atoms with Crippen molar-refractivity contribution < 1.29 is 0 Å². The lowest BCUT2D eigenvalue weighted by Gasteiger charge is -2.15. The van der Waals surface area contributed by atoms with Crippen molar-refractivity contribution in [3.05, 3.63) is 405 Å². The smallest absolute Gasteiger partial charge is 0.0555 e. The van der Waals surface area contributed by atoms with E-state index in [9.17, 15) is 0 Å². The first kappa shape index (κ1) is 62.5. The van der Waals surface area contributed by atoms with Crippen LogP contribution in [-0.2, 0) is 0 Å². The van der Waals surface area contributed by atoms with Gasteiger partial charge in [0.05, 0.1) is 33.1 Å². The topological polar surface area (TPSA) is 14.8 Å². The van der Waals surface area contributed by atoms with E-state index in [1.54, 1.807) is 0 Å². The average Bonchev–Trinajstić information content (AvgIpc) is 1.26. The van der Waals surface area contributed by atoms with Crippen molar-refractivity contribution in [1.29, 1.82) is 0 Å². The summed E-state index contributed by atoms with van der Waals surface area (Å²) < 4.78 is 12.7. The Morgan fingerprint density at radius 3 is 1.30 bits per heavy atom. The van der Waals surface area contributed by atoms with E-state index in [2.05, 4.69) is 402 Å². The number of para-hydroxylation sites is 1. The number of nitrogens with zero attached hydrogens (tertiary/aromatic N) is 3. The van der Waals surface area contributed by atoms with Crippen LogP contribution in [0.3, 0.4) is 0 Å². The highest BCUT2D eigenvalue weighted by molar-refractivity contribution is 7.27. The van der Waals surface area contributed by atoms with Crippen LogP contribution in [0.4, 0.5) is 0 Å². The second kappa shape index (κ2) is 25.0. The third kappa shape index (κ3) is 9.88. The van der Waals surface area contributed by atoms with Crippen LogP contribution >= 0.6 is 22.7 Å². The lowest BCUT2D eigenvalue weighted by atomic mass is 9.88. The molecule has 1 unspecified atom stereocenters. The van der Waals surface area contributed by atoms with Gasteiger partial charge in [-0.3, -0.25) is 0 Å². The molecule has 3 nitrogen and oxygen atoms in total.